The lowest BCUT2D eigenvalue weighted by molar-refractivity contribution is 0.305. The lowest BCUT2D eigenvalue weighted by atomic mass is 10.2. The van der Waals surface area contributed by atoms with Crippen molar-refractivity contribution in [3.8, 4) is 11.5 Å². The maximum atomic E-state index is 9.13. The van der Waals surface area contributed by atoms with Crippen LogP contribution in [-0.4, -0.2) is 10.1 Å². The van der Waals surface area contributed by atoms with Gasteiger partial charge in [-0.05, 0) is 42.0 Å². The molecule has 0 aliphatic heterocycles. The zero-order valence-corrected chi connectivity index (χ0v) is 9.34. The zero-order valence-electron chi connectivity index (χ0n) is 9.34. The average Bonchev–Trinajstić information content (AvgIpc) is 2.38. The van der Waals surface area contributed by atoms with Crippen LogP contribution in [0.15, 0.2) is 42.6 Å². The predicted octanol–water partition coefficient (Wildman–Crippen LogP) is 1.82. The van der Waals surface area contributed by atoms with Crippen molar-refractivity contribution in [1.82, 2.24) is 4.98 Å². The van der Waals surface area contributed by atoms with E-state index in [1.807, 2.05) is 12.1 Å². The van der Waals surface area contributed by atoms with E-state index in [2.05, 4.69) is 4.98 Å². The van der Waals surface area contributed by atoms with Crippen molar-refractivity contribution in [2.24, 2.45) is 5.73 Å². The third-order valence-corrected chi connectivity index (χ3v) is 2.33. The summed E-state index contributed by atoms with van der Waals surface area (Å²) in [5, 5.41) is 9.13. The number of ether oxygens (including phenoxy) is 1. The minimum Gasteiger partial charge on any atom is -0.508 e. The van der Waals surface area contributed by atoms with E-state index in [0.717, 1.165) is 11.3 Å². The number of hydrogen-bond donors (Lipinski definition) is 2. The van der Waals surface area contributed by atoms with Crippen molar-refractivity contribution in [3.63, 3.8) is 0 Å². The van der Waals surface area contributed by atoms with E-state index in [1.165, 1.54) is 0 Å². The topological polar surface area (TPSA) is 68.4 Å². The summed E-state index contributed by atoms with van der Waals surface area (Å²) in [4.78, 5) is 4.11. The van der Waals surface area contributed by atoms with Crippen LogP contribution in [-0.2, 0) is 13.2 Å². The number of aromatic hydroxyl groups is 1. The predicted molar refractivity (Wildman–Crippen MR) is 64.6 cm³/mol. The second kappa shape index (κ2) is 5.32. The molecule has 4 nitrogen and oxygen atoms in total. The Labute approximate surface area is 99.7 Å². The van der Waals surface area contributed by atoms with Crippen LogP contribution in [0.3, 0.4) is 0 Å². The van der Waals surface area contributed by atoms with Gasteiger partial charge in [0.05, 0.1) is 5.69 Å². The summed E-state index contributed by atoms with van der Waals surface area (Å²) in [5.74, 6) is 0.945. The molecule has 2 rings (SSSR count). The maximum Gasteiger partial charge on any atom is 0.120 e. The second-order valence-corrected chi connectivity index (χ2v) is 3.64. The maximum absolute atomic E-state index is 9.13. The summed E-state index contributed by atoms with van der Waals surface area (Å²) in [6, 6.07) is 10.4. The van der Waals surface area contributed by atoms with Gasteiger partial charge >= 0.3 is 0 Å². The molecule has 0 aliphatic rings. The van der Waals surface area contributed by atoms with Crippen LogP contribution in [0.5, 0.6) is 11.5 Å². The molecule has 3 N–H and O–H groups in total. The van der Waals surface area contributed by atoms with Crippen LogP contribution in [0.1, 0.15) is 11.3 Å². The molecule has 88 valence electrons. The van der Waals surface area contributed by atoms with Gasteiger partial charge in [-0.3, -0.25) is 4.98 Å². The number of hydrogen-bond acceptors (Lipinski definition) is 4. The molecule has 4 heteroatoms. The Morgan fingerprint density at radius 1 is 1.18 bits per heavy atom. The van der Waals surface area contributed by atoms with Gasteiger partial charge in [0.25, 0.3) is 0 Å². The summed E-state index contributed by atoms with van der Waals surface area (Å²) in [5.41, 5.74) is 7.38. The average molecular weight is 230 g/mol. The van der Waals surface area contributed by atoms with E-state index in [0.29, 0.717) is 18.9 Å². The number of phenolic OH excluding ortho intramolecular Hbond substituents is 1. The van der Waals surface area contributed by atoms with E-state index >= 15 is 0 Å². The van der Waals surface area contributed by atoms with E-state index in [4.69, 9.17) is 15.6 Å². The molecular weight excluding hydrogens is 216 g/mol. The molecule has 0 amide bonds. The van der Waals surface area contributed by atoms with Gasteiger partial charge in [0.2, 0.25) is 0 Å². The fourth-order valence-corrected chi connectivity index (χ4v) is 1.44. The molecule has 0 saturated heterocycles. The normalized spacial score (nSPS) is 10.2. The van der Waals surface area contributed by atoms with Gasteiger partial charge in [0.15, 0.2) is 0 Å². The van der Waals surface area contributed by atoms with Crippen LogP contribution in [0.4, 0.5) is 0 Å². The number of nitrogens with two attached hydrogens (primary N) is 1. The Hall–Kier alpha value is -2.07. The molecule has 2 aromatic rings. The van der Waals surface area contributed by atoms with Crippen LogP contribution in [0.25, 0.3) is 0 Å². The van der Waals surface area contributed by atoms with Crippen LogP contribution >= 0.6 is 0 Å². The minimum absolute atomic E-state index is 0.228. The first kappa shape index (κ1) is 11.4. The first-order chi connectivity index (χ1) is 8.28. The molecule has 0 spiro atoms. The van der Waals surface area contributed by atoms with Gasteiger partial charge in [0.1, 0.15) is 18.1 Å². The SMILES string of the molecule is NCc1cc(COc2ccc(O)cc2)ccn1. The van der Waals surface area contributed by atoms with Crippen molar-refractivity contribution in [3.05, 3.63) is 53.9 Å². The minimum atomic E-state index is 0.228. The highest BCUT2D eigenvalue weighted by Gasteiger charge is 1.98. The van der Waals surface area contributed by atoms with Gasteiger partial charge in [-0.2, -0.15) is 0 Å². The molecule has 0 unspecified atom stereocenters. The van der Waals surface area contributed by atoms with E-state index in [9.17, 15) is 0 Å². The number of pyridine rings is 1. The summed E-state index contributed by atoms with van der Waals surface area (Å²) in [6.45, 7) is 0.882. The lowest BCUT2D eigenvalue weighted by Gasteiger charge is -2.07. The number of rotatable bonds is 4. The van der Waals surface area contributed by atoms with Gasteiger partial charge in [-0.1, -0.05) is 0 Å². The largest absolute Gasteiger partial charge is 0.508 e. The first-order valence-electron chi connectivity index (χ1n) is 5.33. The molecule has 0 radical (unpaired) electrons. The molecule has 0 aliphatic carbocycles. The van der Waals surface area contributed by atoms with Crippen LogP contribution in [0, 0.1) is 0 Å². The van der Waals surface area contributed by atoms with Crippen molar-refractivity contribution in [2.45, 2.75) is 13.2 Å². The summed E-state index contributed by atoms with van der Waals surface area (Å²) in [7, 11) is 0. The van der Waals surface area contributed by atoms with Gasteiger partial charge in [-0.15, -0.1) is 0 Å². The first-order valence-corrected chi connectivity index (χ1v) is 5.33. The molecule has 1 aromatic heterocycles. The Kier molecular flexibility index (Phi) is 3.57. The van der Waals surface area contributed by atoms with Crippen molar-refractivity contribution in [1.29, 1.82) is 0 Å². The van der Waals surface area contributed by atoms with Gasteiger partial charge < -0.3 is 15.6 Å². The lowest BCUT2D eigenvalue weighted by Crippen LogP contribution is -2.02. The van der Waals surface area contributed by atoms with Crippen molar-refractivity contribution >= 4 is 0 Å². The Bertz CT molecular complexity index is 483. The fourth-order valence-electron chi connectivity index (χ4n) is 1.44. The van der Waals surface area contributed by atoms with Gasteiger partial charge in [-0.25, -0.2) is 0 Å². The van der Waals surface area contributed by atoms with Gasteiger partial charge in [0, 0.05) is 12.7 Å². The molecule has 0 fully saturated rings. The summed E-state index contributed by atoms with van der Waals surface area (Å²) in [6.07, 6.45) is 1.72. The standard InChI is InChI=1S/C13H14N2O2/c14-8-11-7-10(5-6-15-11)9-17-13-3-1-12(16)2-4-13/h1-7,16H,8-9,14H2. The number of phenols is 1. The molecule has 0 saturated carbocycles. The Balaban J connectivity index is 1.99. The number of benzene rings is 1. The van der Waals surface area contributed by atoms with E-state index in [-0.39, 0.29) is 5.75 Å². The second-order valence-electron chi connectivity index (χ2n) is 3.64. The van der Waals surface area contributed by atoms with E-state index < -0.39 is 0 Å². The highest BCUT2D eigenvalue weighted by Crippen LogP contribution is 2.17. The number of aromatic nitrogens is 1. The highest BCUT2D eigenvalue weighted by atomic mass is 16.5. The molecule has 0 bridgehead atoms. The highest BCUT2D eigenvalue weighted by molar-refractivity contribution is 5.30. The molecule has 1 aromatic carbocycles. The smallest absolute Gasteiger partial charge is 0.120 e. The number of nitrogens with zero attached hydrogens (tertiary/aromatic N) is 1. The summed E-state index contributed by atoms with van der Waals surface area (Å²) < 4.78 is 5.57. The third kappa shape index (κ3) is 3.19. The van der Waals surface area contributed by atoms with E-state index in [1.54, 1.807) is 30.5 Å². The zero-order chi connectivity index (χ0) is 12.1. The van der Waals surface area contributed by atoms with Crippen LogP contribution < -0.4 is 10.5 Å². The summed E-state index contributed by atoms with van der Waals surface area (Å²) >= 11 is 0. The quantitative estimate of drug-likeness (QED) is 0.840. The molecule has 1 heterocycles. The molecular formula is C13H14N2O2. The van der Waals surface area contributed by atoms with Crippen molar-refractivity contribution in [2.75, 3.05) is 0 Å². The van der Waals surface area contributed by atoms with Crippen LogP contribution in [0.2, 0.25) is 0 Å². The molecule has 17 heavy (non-hydrogen) atoms. The third-order valence-electron chi connectivity index (χ3n) is 2.33. The Morgan fingerprint density at radius 2 is 1.94 bits per heavy atom. The Morgan fingerprint density at radius 3 is 2.65 bits per heavy atom. The monoisotopic (exact) mass is 230 g/mol. The molecule has 0 atom stereocenters. The van der Waals surface area contributed by atoms with Crippen molar-refractivity contribution < 1.29 is 9.84 Å². The fraction of sp³-hybridized carbons (Fsp3) is 0.154.